The lowest BCUT2D eigenvalue weighted by Gasteiger charge is -2.15. The normalized spacial score (nSPS) is 10.6. The Kier molecular flexibility index (Phi) is 6.69. The summed E-state index contributed by atoms with van der Waals surface area (Å²) in [5.41, 5.74) is 2.03. The molecule has 0 saturated heterocycles. The van der Waals surface area contributed by atoms with Crippen LogP contribution in [0.4, 0.5) is 4.39 Å². The summed E-state index contributed by atoms with van der Waals surface area (Å²) >= 11 is 0. The van der Waals surface area contributed by atoms with Crippen LogP contribution in [-0.4, -0.2) is 0 Å². The van der Waals surface area contributed by atoms with E-state index in [9.17, 15) is 4.39 Å². The van der Waals surface area contributed by atoms with Crippen molar-refractivity contribution in [2.45, 2.75) is 19.7 Å². The minimum Gasteiger partial charge on any atom is -0.489 e. The van der Waals surface area contributed by atoms with E-state index < -0.39 is 0 Å². The fraction of sp³-hybridized carbons (Fsp3) is 0.130. The zero-order chi connectivity index (χ0) is 18.5. The van der Waals surface area contributed by atoms with Gasteiger partial charge in [0.25, 0.3) is 0 Å². The second-order valence-electron chi connectivity index (χ2n) is 6.36. The van der Waals surface area contributed by atoms with Gasteiger partial charge in [-0.15, -0.1) is 12.4 Å². The summed E-state index contributed by atoms with van der Waals surface area (Å²) in [5, 5.41) is 5.74. The summed E-state index contributed by atoms with van der Waals surface area (Å²) in [6.45, 7) is 1.69. The van der Waals surface area contributed by atoms with Crippen molar-refractivity contribution >= 4 is 23.2 Å². The molecule has 144 valence electrons. The van der Waals surface area contributed by atoms with Gasteiger partial charge in [0.15, 0.2) is 0 Å². The van der Waals surface area contributed by atoms with Crippen LogP contribution in [0.25, 0.3) is 10.8 Å². The zero-order valence-corrected chi connectivity index (χ0v) is 16.0. The second-order valence-corrected chi connectivity index (χ2v) is 6.36. The van der Waals surface area contributed by atoms with Crippen molar-refractivity contribution in [3.8, 4) is 5.75 Å². The van der Waals surface area contributed by atoms with Crippen molar-refractivity contribution in [1.29, 1.82) is 0 Å². The van der Waals surface area contributed by atoms with Crippen LogP contribution in [0.2, 0.25) is 0 Å². The number of nitrogens with one attached hydrogen (secondary N) is 1. The van der Waals surface area contributed by atoms with Gasteiger partial charge in [0.2, 0.25) is 0 Å². The van der Waals surface area contributed by atoms with Crippen molar-refractivity contribution in [2.24, 2.45) is 0 Å². The molecule has 0 aliphatic rings. The first-order chi connectivity index (χ1) is 13.3. The maximum absolute atomic E-state index is 13.1. The number of ether oxygens (including phenoxy) is 1. The van der Waals surface area contributed by atoms with Crippen LogP contribution in [0.5, 0.6) is 5.75 Å². The molecule has 0 aliphatic carbocycles. The van der Waals surface area contributed by atoms with Crippen LogP contribution in [0.15, 0.2) is 83.5 Å². The van der Waals surface area contributed by atoms with Crippen LogP contribution in [0.3, 0.4) is 0 Å². The minimum atomic E-state index is -0.243. The first kappa shape index (κ1) is 19.9. The molecule has 0 aliphatic heterocycles. The third-order valence-corrected chi connectivity index (χ3v) is 4.49. The van der Waals surface area contributed by atoms with E-state index >= 15 is 0 Å². The summed E-state index contributed by atoms with van der Waals surface area (Å²) in [6.07, 6.45) is 1.67. The minimum absolute atomic E-state index is 0. The molecule has 28 heavy (non-hydrogen) atoms. The van der Waals surface area contributed by atoms with E-state index in [0.29, 0.717) is 19.7 Å². The SMILES string of the molecule is Cl.Fc1ccc(COc2ccc3ccccc3c2CNCc2ccco2)cc1. The topological polar surface area (TPSA) is 34.4 Å². The van der Waals surface area contributed by atoms with Crippen LogP contribution in [0, 0.1) is 5.82 Å². The maximum atomic E-state index is 13.1. The van der Waals surface area contributed by atoms with E-state index in [0.717, 1.165) is 28.0 Å². The third kappa shape index (κ3) is 4.71. The monoisotopic (exact) mass is 397 g/mol. The molecular formula is C23H21ClFNO2. The molecule has 0 atom stereocenters. The number of benzene rings is 3. The van der Waals surface area contributed by atoms with Crippen LogP contribution >= 0.6 is 12.4 Å². The van der Waals surface area contributed by atoms with E-state index in [-0.39, 0.29) is 18.2 Å². The van der Waals surface area contributed by atoms with E-state index in [4.69, 9.17) is 9.15 Å². The molecule has 0 amide bonds. The molecule has 0 saturated carbocycles. The summed E-state index contributed by atoms with van der Waals surface area (Å²) in [7, 11) is 0. The first-order valence-electron chi connectivity index (χ1n) is 8.90. The van der Waals surface area contributed by atoms with Gasteiger partial charge in [0, 0.05) is 12.1 Å². The molecular weight excluding hydrogens is 377 g/mol. The average Bonchev–Trinajstić information content (AvgIpc) is 3.22. The highest BCUT2D eigenvalue weighted by Crippen LogP contribution is 2.29. The largest absolute Gasteiger partial charge is 0.489 e. The summed E-state index contributed by atoms with van der Waals surface area (Å²) in [6, 6.07) is 22.5. The zero-order valence-electron chi connectivity index (χ0n) is 15.2. The highest BCUT2D eigenvalue weighted by atomic mass is 35.5. The van der Waals surface area contributed by atoms with Gasteiger partial charge in [-0.2, -0.15) is 0 Å². The van der Waals surface area contributed by atoms with E-state index in [1.165, 1.54) is 17.5 Å². The molecule has 4 rings (SSSR count). The maximum Gasteiger partial charge on any atom is 0.124 e. The van der Waals surface area contributed by atoms with Gasteiger partial charge < -0.3 is 14.5 Å². The standard InChI is InChI=1S/C23H20FNO2.ClH/c24-19-10-7-17(8-11-19)16-27-23-12-9-18-4-1-2-6-21(18)22(23)15-25-14-20-5-3-13-26-20;/h1-13,25H,14-16H2;1H. The fourth-order valence-corrected chi connectivity index (χ4v) is 3.10. The molecule has 0 bridgehead atoms. The lowest BCUT2D eigenvalue weighted by Crippen LogP contribution is -2.13. The van der Waals surface area contributed by atoms with Gasteiger partial charge in [-0.1, -0.05) is 42.5 Å². The van der Waals surface area contributed by atoms with Gasteiger partial charge in [0.05, 0.1) is 12.8 Å². The number of halogens is 2. The molecule has 4 aromatic rings. The van der Waals surface area contributed by atoms with Crippen molar-refractivity contribution in [3.63, 3.8) is 0 Å². The predicted octanol–water partition coefficient (Wildman–Crippen LogP) is 5.86. The van der Waals surface area contributed by atoms with Gasteiger partial charge in [-0.3, -0.25) is 0 Å². The Morgan fingerprint density at radius 3 is 2.46 bits per heavy atom. The Balaban J connectivity index is 0.00000225. The van der Waals surface area contributed by atoms with E-state index in [1.54, 1.807) is 18.4 Å². The third-order valence-electron chi connectivity index (χ3n) is 4.49. The van der Waals surface area contributed by atoms with E-state index in [2.05, 4.69) is 23.5 Å². The predicted molar refractivity (Wildman–Crippen MR) is 111 cm³/mol. The highest BCUT2D eigenvalue weighted by molar-refractivity contribution is 5.87. The van der Waals surface area contributed by atoms with Crippen molar-refractivity contribution < 1.29 is 13.5 Å². The second kappa shape index (κ2) is 9.40. The molecule has 0 radical (unpaired) electrons. The molecule has 5 heteroatoms. The molecule has 0 fully saturated rings. The smallest absolute Gasteiger partial charge is 0.124 e. The van der Waals surface area contributed by atoms with Gasteiger partial charge in [-0.05, 0) is 46.7 Å². The lowest BCUT2D eigenvalue weighted by atomic mass is 10.0. The van der Waals surface area contributed by atoms with Crippen molar-refractivity contribution in [2.75, 3.05) is 0 Å². The number of hydrogen-bond donors (Lipinski definition) is 1. The van der Waals surface area contributed by atoms with Gasteiger partial charge in [0.1, 0.15) is 23.9 Å². The number of rotatable bonds is 7. The fourth-order valence-electron chi connectivity index (χ4n) is 3.10. The van der Waals surface area contributed by atoms with Crippen LogP contribution in [0.1, 0.15) is 16.9 Å². The molecule has 0 spiro atoms. The Morgan fingerprint density at radius 1 is 0.857 bits per heavy atom. The summed E-state index contributed by atoms with van der Waals surface area (Å²) in [4.78, 5) is 0. The number of hydrogen-bond acceptors (Lipinski definition) is 3. The Labute approximate surface area is 169 Å². The first-order valence-corrected chi connectivity index (χ1v) is 8.90. The molecule has 1 N–H and O–H groups in total. The Bertz CT molecular complexity index is 1020. The van der Waals surface area contributed by atoms with E-state index in [1.807, 2.05) is 30.3 Å². The molecule has 1 heterocycles. The average molecular weight is 398 g/mol. The van der Waals surface area contributed by atoms with Crippen LogP contribution < -0.4 is 10.1 Å². The quantitative estimate of drug-likeness (QED) is 0.424. The molecule has 1 aromatic heterocycles. The molecule has 0 unspecified atom stereocenters. The van der Waals surface area contributed by atoms with Crippen molar-refractivity contribution in [3.05, 3.63) is 102 Å². The summed E-state index contributed by atoms with van der Waals surface area (Å²) in [5.74, 6) is 1.47. The lowest BCUT2D eigenvalue weighted by molar-refractivity contribution is 0.302. The van der Waals surface area contributed by atoms with Gasteiger partial charge >= 0.3 is 0 Å². The Hall–Kier alpha value is -2.82. The number of fused-ring (bicyclic) bond motifs is 1. The highest BCUT2D eigenvalue weighted by Gasteiger charge is 2.10. The van der Waals surface area contributed by atoms with Crippen molar-refractivity contribution in [1.82, 2.24) is 5.32 Å². The van der Waals surface area contributed by atoms with Crippen LogP contribution in [-0.2, 0) is 19.7 Å². The molecule has 3 nitrogen and oxygen atoms in total. The number of furan rings is 1. The van der Waals surface area contributed by atoms with Gasteiger partial charge in [-0.25, -0.2) is 4.39 Å². The Morgan fingerprint density at radius 2 is 1.68 bits per heavy atom. The summed E-state index contributed by atoms with van der Waals surface area (Å²) < 4.78 is 24.5. The molecule has 3 aromatic carbocycles.